The van der Waals surface area contributed by atoms with Gasteiger partial charge in [0.2, 0.25) is 0 Å². The molecule has 0 unspecified atom stereocenters. The van der Waals surface area contributed by atoms with E-state index < -0.39 is 0 Å². The van der Waals surface area contributed by atoms with Crippen LogP contribution in [0.2, 0.25) is 0 Å². The highest BCUT2D eigenvalue weighted by Gasteiger charge is 2.03. The Hall–Kier alpha value is -2.28. The van der Waals surface area contributed by atoms with Gasteiger partial charge in [0.15, 0.2) is 0 Å². The van der Waals surface area contributed by atoms with E-state index >= 15 is 0 Å². The summed E-state index contributed by atoms with van der Waals surface area (Å²) in [7, 11) is 0. The molecule has 2 N–H and O–H groups in total. The third-order valence-corrected chi connectivity index (χ3v) is 1.79. The van der Waals surface area contributed by atoms with E-state index in [2.05, 4.69) is 10.6 Å². The molecule has 4 heteroatoms. The van der Waals surface area contributed by atoms with Crippen molar-refractivity contribution in [1.82, 2.24) is 5.32 Å². The SMILES string of the molecule is CC(C)=CNC(=O)Nc1ccccc1C#N. The molecule has 0 fully saturated rings. The molecule has 1 rings (SSSR count). The van der Waals surface area contributed by atoms with Crippen LogP contribution in [0.4, 0.5) is 10.5 Å². The molecule has 82 valence electrons. The summed E-state index contributed by atoms with van der Waals surface area (Å²) in [5, 5.41) is 14.0. The van der Waals surface area contributed by atoms with Crippen LogP contribution in [-0.2, 0) is 0 Å². The van der Waals surface area contributed by atoms with Gasteiger partial charge in [-0.15, -0.1) is 0 Å². The van der Waals surface area contributed by atoms with Crippen molar-refractivity contribution < 1.29 is 4.79 Å². The summed E-state index contributed by atoms with van der Waals surface area (Å²) < 4.78 is 0. The number of carbonyl (C=O) groups is 1. The second kappa shape index (κ2) is 5.56. The van der Waals surface area contributed by atoms with E-state index in [0.29, 0.717) is 11.3 Å². The van der Waals surface area contributed by atoms with Crippen LogP contribution < -0.4 is 10.6 Å². The molecule has 0 saturated heterocycles. The van der Waals surface area contributed by atoms with Crippen LogP contribution in [0.3, 0.4) is 0 Å². The number of hydrogen-bond donors (Lipinski definition) is 2. The van der Waals surface area contributed by atoms with Crippen LogP contribution >= 0.6 is 0 Å². The molecule has 0 aliphatic carbocycles. The van der Waals surface area contributed by atoms with Gasteiger partial charge < -0.3 is 10.6 Å². The minimum Gasteiger partial charge on any atom is -0.314 e. The lowest BCUT2D eigenvalue weighted by Gasteiger charge is -2.06. The van der Waals surface area contributed by atoms with E-state index in [4.69, 9.17) is 5.26 Å². The summed E-state index contributed by atoms with van der Waals surface area (Å²) in [6.07, 6.45) is 1.60. The van der Waals surface area contributed by atoms with Crippen molar-refractivity contribution in [3.63, 3.8) is 0 Å². The first-order valence-corrected chi connectivity index (χ1v) is 4.83. The minimum absolute atomic E-state index is 0.358. The second-order valence-corrected chi connectivity index (χ2v) is 3.48. The summed E-state index contributed by atoms with van der Waals surface area (Å²) in [5.41, 5.74) is 1.93. The van der Waals surface area contributed by atoms with Crippen LogP contribution in [0.25, 0.3) is 0 Å². The minimum atomic E-state index is -0.358. The molecule has 0 atom stereocenters. The fraction of sp³-hybridized carbons (Fsp3) is 0.167. The van der Waals surface area contributed by atoms with Crippen LogP contribution in [0.15, 0.2) is 36.0 Å². The number of benzene rings is 1. The molecule has 0 aliphatic heterocycles. The largest absolute Gasteiger partial charge is 0.323 e. The van der Waals surface area contributed by atoms with Gasteiger partial charge >= 0.3 is 6.03 Å². The number of rotatable bonds is 2. The van der Waals surface area contributed by atoms with Crippen molar-refractivity contribution in [2.75, 3.05) is 5.32 Å². The standard InChI is InChI=1S/C12H13N3O/c1-9(2)8-14-12(16)15-11-6-4-3-5-10(11)7-13/h3-6,8H,1-2H3,(H2,14,15,16). The van der Waals surface area contributed by atoms with Crippen LogP contribution in [0.1, 0.15) is 19.4 Å². The highest BCUT2D eigenvalue weighted by Crippen LogP contribution is 2.12. The van der Waals surface area contributed by atoms with Gasteiger partial charge in [0.05, 0.1) is 11.3 Å². The molecule has 0 aliphatic rings. The average Bonchev–Trinajstić information content (AvgIpc) is 2.27. The van der Waals surface area contributed by atoms with Crippen molar-refractivity contribution in [1.29, 1.82) is 5.26 Å². The van der Waals surface area contributed by atoms with E-state index in [-0.39, 0.29) is 6.03 Å². The number of para-hydroxylation sites is 1. The van der Waals surface area contributed by atoms with Gasteiger partial charge in [-0.05, 0) is 26.0 Å². The number of allylic oxidation sites excluding steroid dienone is 1. The van der Waals surface area contributed by atoms with E-state index in [1.54, 1.807) is 30.5 Å². The first kappa shape index (κ1) is 11.8. The Kier molecular flexibility index (Phi) is 4.10. The van der Waals surface area contributed by atoms with Crippen molar-refractivity contribution in [3.05, 3.63) is 41.6 Å². The monoisotopic (exact) mass is 215 g/mol. The molecular formula is C12H13N3O. The van der Waals surface area contributed by atoms with E-state index in [9.17, 15) is 4.79 Å². The smallest absolute Gasteiger partial charge is 0.314 e. The average molecular weight is 215 g/mol. The van der Waals surface area contributed by atoms with Gasteiger partial charge in [-0.1, -0.05) is 17.7 Å². The van der Waals surface area contributed by atoms with Crippen LogP contribution in [0.5, 0.6) is 0 Å². The maximum absolute atomic E-state index is 11.4. The van der Waals surface area contributed by atoms with E-state index in [1.165, 1.54) is 0 Å². The van der Waals surface area contributed by atoms with Crippen molar-refractivity contribution in [2.45, 2.75) is 13.8 Å². The fourth-order valence-corrected chi connectivity index (χ4v) is 1.06. The third-order valence-electron chi connectivity index (χ3n) is 1.79. The Labute approximate surface area is 94.6 Å². The first-order valence-electron chi connectivity index (χ1n) is 4.83. The summed E-state index contributed by atoms with van der Waals surface area (Å²) >= 11 is 0. The number of anilines is 1. The van der Waals surface area contributed by atoms with Gasteiger partial charge in [0.1, 0.15) is 6.07 Å². The molecule has 16 heavy (non-hydrogen) atoms. The molecule has 0 bridgehead atoms. The van der Waals surface area contributed by atoms with Crippen LogP contribution in [-0.4, -0.2) is 6.03 Å². The zero-order valence-electron chi connectivity index (χ0n) is 9.24. The number of urea groups is 1. The number of nitrogens with zero attached hydrogens (tertiary/aromatic N) is 1. The number of nitrogens with one attached hydrogen (secondary N) is 2. The number of amides is 2. The Morgan fingerprint density at radius 2 is 2.06 bits per heavy atom. The van der Waals surface area contributed by atoms with Crippen LogP contribution in [0, 0.1) is 11.3 Å². The third kappa shape index (κ3) is 3.46. The molecule has 2 amide bonds. The lowest BCUT2D eigenvalue weighted by atomic mass is 10.2. The maximum Gasteiger partial charge on any atom is 0.323 e. The molecule has 0 radical (unpaired) electrons. The predicted octanol–water partition coefficient (Wildman–Crippen LogP) is 2.60. The second-order valence-electron chi connectivity index (χ2n) is 3.48. The fourth-order valence-electron chi connectivity index (χ4n) is 1.06. The zero-order valence-corrected chi connectivity index (χ0v) is 9.24. The normalized spacial score (nSPS) is 8.81. The Bertz CT molecular complexity index is 454. The van der Waals surface area contributed by atoms with Gasteiger partial charge in [-0.25, -0.2) is 4.79 Å². The molecule has 1 aromatic rings. The number of nitriles is 1. The lowest BCUT2D eigenvalue weighted by Crippen LogP contribution is -2.24. The predicted molar refractivity (Wildman–Crippen MR) is 62.7 cm³/mol. The Balaban J connectivity index is 2.71. The molecular weight excluding hydrogens is 202 g/mol. The lowest BCUT2D eigenvalue weighted by molar-refractivity contribution is 0.255. The Morgan fingerprint density at radius 3 is 2.69 bits per heavy atom. The maximum atomic E-state index is 11.4. The summed E-state index contributed by atoms with van der Waals surface area (Å²) in [6.45, 7) is 3.76. The number of carbonyl (C=O) groups excluding carboxylic acids is 1. The van der Waals surface area contributed by atoms with Gasteiger partial charge in [-0.2, -0.15) is 5.26 Å². The topological polar surface area (TPSA) is 64.9 Å². The Morgan fingerprint density at radius 1 is 1.38 bits per heavy atom. The quantitative estimate of drug-likeness (QED) is 0.796. The summed E-state index contributed by atoms with van der Waals surface area (Å²) in [4.78, 5) is 11.4. The molecule has 0 heterocycles. The molecule has 4 nitrogen and oxygen atoms in total. The van der Waals surface area contributed by atoms with Gasteiger partial charge in [-0.3, -0.25) is 0 Å². The summed E-state index contributed by atoms with van der Waals surface area (Å²) in [6, 6.07) is 8.49. The highest BCUT2D eigenvalue weighted by molar-refractivity contribution is 5.91. The first-order chi connectivity index (χ1) is 7.63. The van der Waals surface area contributed by atoms with E-state index in [1.807, 2.05) is 19.9 Å². The van der Waals surface area contributed by atoms with Crippen molar-refractivity contribution in [3.8, 4) is 6.07 Å². The summed E-state index contributed by atoms with van der Waals surface area (Å²) in [5.74, 6) is 0. The number of hydrogen-bond acceptors (Lipinski definition) is 2. The highest BCUT2D eigenvalue weighted by atomic mass is 16.2. The van der Waals surface area contributed by atoms with Gasteiger partial charge in [0.25, 0.3) is 0 Å². The van der Waals surface area contributed by atoms with Crippen molar-refractivity contribution in [2.24, 2.45) is 0 Å². The molecule has 0 aromatic heterocycles. The molecule has 1 aromatic carbocycles. The molecule has 0 spiro atoms. The van der Waals surface area contributed by atoms with Crippen molar-refractivity contribution >= 4 is 11.7 Å². The van der Waals surface area contributed by atoms with Gasteiger partial charge in [0, 0.05) is 6.20 Å². The zero-order chi connectivity index (χ0) is 12.0. The molecule has 0 saturated carbocycles. The van der Waals surface area contributed by atoms with E-state index in [0.717, 1.165) is 5.57 Å².